The monoisotopic (exact) mass is 298 g/mol. The fourth-order valence-corrected chi connectivity index (χ4v) is 3.23. The van der Waals surface area contributed by atoms with Crippen LogP contribution in [0, 0.1) is 0 Å². The minimum absolute atomic E-state index is 0.0934. The molecule has 0 aromatic rings. The first kappa shape index (κ1) is 15.3. The van der Waals surface area contributed by atoms with Crippen LogP contribution in [0.4, 0.5) is 0 Å². The van der Waals surface area contributed by atoms with Crippen LogP contribution in [0.3, 0.4) is 0 Å². The van der Waals surface area contributed by atoms with Crippen molar-refractivity contribution in [3.63, 3.8) is 0 Å². The molecule has 0 bridgehead atoms. The van der Waals surface area contributed by atoms with Crippen molar-refractivity contribution in [2.75, 3.05) is 11.5 Å². The van der Waals surface area contributed by atoms with Crippen molar-refractivity contribution in [3.8, 4) is 0 Å². The average Bonchev–Trinajstić information content (AvgIpc) is 2.35. The van der Waals surface area contributed by atoms with Crippen LogP contribution in [-0.2, 0) is 10.8 Å². The van der Waals surface area contributed by atoms with Crippen molar-refractivity contribution in [2.24, 2.45) is 0 Å². The molecule has 110 valence electrons. The molecular formula is C14H18O5S. The van der Waals surface area contributed by atoms with Gasteiger partial charge in [-0.1, -0.05) is 24.3 Å². The lowest BCUT2D eigenvalue weighted by molar-refractivity contribution is -0.116. The van der Waals surface area contributed by atoms with E-state index in [0.29, 0.717) is 11.5 Å². The van der Waals surface area contributed by atoms with Gasteiger partial charge in [0, 0.05) is 35.1 Å². The van der Waals surface area contributed by atoms with Crippen molar-refractivity contribution < 1.29 is 24.6 Å². The van der Waals surface area contributed by atoms with Crippen molar-refractivity contribution in [1.29, 1.82) is 0 Å². The van der Waals surface area contributed by atoms with Gasteiger partial charge in [0.25, 0.3) is 0 Å². The third kappa shape index (κ3) is 4.50. The van der Waals surface area contributed by atoms with Gasteiger partial charge in [0.05, 0.1) is 0 Å². The molecule has 0 aromatic heterocycles. The Morgan fingerprint density at radius 3 is 1.60 bits per heavy atom. The molecule has 0 saturated carbocycles. The lowest BCUT2D eigenvalue weighted by atomic mass is 10.0. The molecule has 0 spiro atoms. The molecule has 5 nitrogen and oxygen atoms in total. The molecule has 0 amide bonds. The van der Waals surface area contributed by atoms with Gasteiger partial charge in [0.1, 0.15) is 0 Å². The van der Waals surface area contributed by atoms with Gasteiger partial charge in [-0.05, 0) is 23.3 Å². The quantitative estimate of drug-likeness (QED) is 0.542. The first-order chi connectivity index (χ1) is 9.26. The van der Waals surface area contributed by atoms with E-state index >= 15 is 0 Å². The summed E-state index contributed by atoms with van der Waals surface area (Å²) in [4.78, 5) is 0. The van der Waals surface area contributed by atoms with Crippen molar-refractivity contribution in [2.45, 2.75) is 24.4 Å². The number of hydrogen-bond acceptors (Lipinski definition) is 5. The number of hydrogen-bond donors (Lipinski definition) is 4. The maximum Gasteiger partial charge on any atom is 0.186 e. The van der Waals surface area contributed by atoms with E-state index in [2.05, 4.69) is 0 Å². The highest BCUT2D eigenvalue weighted by Gasteiger charge is 2.22. The van der Waals surface area contributed by atoms with E-state index in [0.717, 1.165) is 11.1 Å². The number of allylic oxidation sites excluding steroid dienone is 2. The first-order valence-corrected chi connectivity index (χ1v) is 7.76. The maximum atomic E-state index is 12.0. The molecular weight excluding hydrogens is 280 g/mol. The second kappa shape index (κ2) is 5.75. The molecule has 2 aliphatic carbocycles. The number of aliphatic hydroxyl groups is 4. The van der Waals surface area contributed by atoms with Crippen LogP contribution in [-0.4, -0.2) is 47.7 Å². The molecule has 0 fully saturated rings. The van der Waals surface area contributed by atoms with E-state index in [-0.39, 0.29) is 12.8 Å². The van der Waals surface area contributed by atoms with Gasteiger partial charge in [0.2, 0.25) is 0 Å². The zero-order valence-electron chi connectivity index (χ0n) is 10.9. The summed E-state index contributed by atoms with van der Waals surface area (Å²) in [6, 6.07) is 0. The highest BCUT2D eigenvalue weighted by Crippen LogP contribution is 2.21. The SMILES string of the molecule is O=S(CC1=CCC(O)(O)C=C1)CC1=CCC(O)(O)C=C1. The summed E-state index contributed by atoms with van der Waals surface area (Å²) in [7, 11) is -1.13. The van der Waals surface area contributed by atoms with E-state index in [9.17, 15) is 24.6 Å². The topological polar surface area (TPSA) is 98.0 Å². The Kier molecular flexibility index (Phi) is 4.41. The van der Waals surface area contributed by atoms with Gasteiger partial charge < -0.3 is 20.4 Å². The number of rotatable bonds is 4. The van der Waals surface area contributed by atoms with E-state index in [1.807, 2.05) is 0 Å². The van der Waals surface area contributed by atoms with E-state index in [1.54, 1.807) is 24.3 Å². The van der Waals surface area contributed by atoms with E-state index in [4.69, 9.17) is 0 Å². The Bertz CT molecular complexity index is 480. The van der Waals surface area contributed by atoms with Gasteiger partial charge in [-0.2, -0.15) is 0 Å². The van der Waals surface area contributed by atoms with Crippen LogP contribution >= 0.6 is 0 Å². The summed E-state index contributed by atoms with van der Waals surface area (Å²) in [5.74, 6) is -2.93. The zero-order valence-corrected chi connectivity index (χ0v) is 11.7. The summed E-state index contributed by atoms with van der Waals surface area (Å²) in [6.07, 6.45) is 9.21. The fraction of sp³-hybridized carbons (Fsp3) is 0.429. The molecule has 0 unspecified atom stereocenters. The Morgan fingerprint density at radius 2 is 1.30 bits per heavy atom. The molecule has 0 heterocycles. The molecule has 0 aliphatic heterocycles. The highest BCUT2D eigenvalue weighted by molar-refractivity contribution is 7.85. The van der Waals surface area contributed by atoms with Gasteiger partial charge in [-0.25, -0.2) is 0 Å². The third-order valence-corrected chi connectivity index (χ3v) is 4.42. The minimum Gasteiger partial charge on any atom is -0.362 e. The summed E-state index contributed by atoms with van der Waals surface area (Å²) in [5, 5.41) is 37.3. The van der Waals surface area contributed by atoms with Crippen molar-refractivity contribution in [3.05, 3.63) is 47.6 Å². The largest absolute Gasteiger partial charge is 0.362 e. The standard InChI is InChI=1S/C14H18O5S/c15-13(16)5-1-11(2-6-13)9-20(19)10-12-3-7-14(17,18)8-4-12/h1-5,7,15-18H,6,8-10H2. The van der Waals surface area contributed by atoms with Gasteiger partial charge in [-0.15, -0.1) is 0 Å². The molecule has 2 aliphatic rings. The van der Waals surface area contributed by atoms with Crippen LogP contribution < -0.4 is 0 Å². The first-order valence-electron chi connectivity index (χ1n) is 6.27. The molecule has 0 radical (unpaired) electrons. The molecule has 0 saturated heterocycles. The van der Waals surface area contributed by atoms with Crippen LogP contribution in [0.2, 0.25) is 0 Å². The van der Waals surface area contributed by atoms with E-state index < -0.39 is 22.4 Å². The molecule has 2 rings (SSSR count). The predicted octanol–water partition coefficient (Wildman–Crippen LogP) is -0.130. The Morgan fingerprint density at radius 1 is 0.900 bits per heavy atom. The van der Waals surface area contributed by atoms with Crippen LogP contribution in [0.1, 0.15) is 12.8 Å². The molecule has 0 aromatic carbocycles. The highest BCUT2D eigenvalue weighted by atomic mass is 32.2. The predicted molar refractivity (Wildman–Crippen MR) is 75.9 cm³/mol. The van der Waals surface area contributed by atoms with Crippen LogP contribution in [0.25, 0.3) is 0 Å². The lowest BCUT2D eigenvalue weighted by Gasteiger charge is -2.21. The second-order valence-electron chi connectivity index (χ2n) is 5.12. The summed E-state index contributed by atoms with van der Waals surface area (Å²) < 4.78 is 12.0. The van der Waals surface area contributed by atoms with Gasteiger partial charge >= 0.3 is 0 Å². The Balaban J connectivity index is 1.86. The molecule has 4 N–H and O–H groups in total. The smallest absolute Gasteiger partial charge is 0.186 e. The lowest BCUT2D eigenvalue weighted by Crippen LogP contribution is -2.27. The fourth-order valence-electron chi connectivity index (χ4n) is 1.95. The Labute approximate surface area is 119 Å². The second-order valence-corrected chi connectivity index (χ2v) is 6.58. The molecule has 20 heavy (non-hydrogen) atoms. The summed E-state index contributed by atoms with van der Waals surface area (Å²) in [6.45, 7) is 0. The van der Waals surface area contributed by atoms with Crippen LogP contribution in [0.5, 0.6) is 0 Å². The third-order valence-electron chi connectivity index (χ3n) is 3.11. The van der Waals surface area contributed by atoms with E-state index in [1.165, 1.54) is 12.2 Å². The van der Waals surface area contributed by atoms with Crippen molar-refractivity contribution >= 4 is 10.8 Å². The van der Waals surface area contributed by atoms with Gasteiger partial charge in [-0.3, -0.25) is 4.21 Å². The Hall–Kier alpha value is -1.05. The minimum atomic E-state index is -1.80. The van der Waals surface area contributed by atoms with Crippen molar-refractivity contribution in [1.82, 2.24) is 0 Å². The normalized spacial score (nSPS) is 23.6. The zero-order chi connectivity index (χ0) is 14.8. The van der Waals surface area contributed by atoms with Crippen LogP contribution in [0.15, 0.2) is 47.6 Å². The van der Waals surface area contributed by atoms with Gasteiger partial charge in [0.15, 0.2) is 11.6 Å². The summed E-state index contributed by atoms with van der Waals surface area (Å²) in [5.41, 5.74) is 1.61. The molecule has 6 heteroatoms. The summed E-state index contributed by atoms with van der Waals surface area (Å²) >= 11 is 0. The maximum absolute atomic E-state index is 12.0. The average molecular weight is 298 g/mol. The molecule has 0 atom stereocenters.